The highest BCUT2D eigenvalue weighted by Crippen LogP contribution is 2.24. The summed E-state index contributed by atoms with van der Waals surface area (Å²) < 4.78 is 10.9. The first kappa shape index (κ1) is 22.0. The number of benzene rings is 2. The number of carbonyl (C=O) groups excluding carboxylic acids is 1. The van der Waals surface area contributed by atoms with E-state index in [4.69, 9.17) is 19.2 Å². The van der Waals surface area contributed by atoms with Gasteiger partial charge in [-0.15, -0.1) is 0 Å². The average molecular weight is 423 g/mol. The van der Waals surface area contributed by atoms with Crippen molar-refractivity contribution in [2.24, 2.45) is 0 Å². The van der Waals surface area contributed by atoms with Gasteiger partial charge in [0, 0.05) is 32.2 Å². The quantitative estimate of drug-likeness (QED) is 0.609. The maximum Gasteiger partial charge on any atom is 0.290 e. The van der Waals surface area contributed by atoms with Gasteiger partial charge in [0.15, 0.2) is 5.69 Å². The molecule has 1 unspecified atom stereocenters. The summed E-state index contributed by atoms with van der Waals surface area (Å²) in [5.74, 6) is 0.786. The highest BCUT2D eigenvalue weighted by molar-refractivity contribution is 5.92. The molecule has 0 radical (unpaired) electrons. The largest absolute Gasteiger partial charge is 0.492 e. The first-order valence-electron chi connectivity index (χ1n) is 9.97. The van der Waals surface area contributed by atoms with E-state index >= 15 is 0 Å². The van der Waals surface area contributed by atoms with E-state index in [9.17, 15) is 4.79 Å². The van der Waals surface area contributed by atoms with Crippen molar-refractivity contribution in [3.63, 3.8) is 0 Å². The van der Waals surface area contributed by atoms with E-state index < -0.39 is 0 Å². The van der Waals surface area contributed by atoms with E-state index in [1.807, 2.05) is 41.3 Å². The summed E-state index contributed by atoms with van der Waals surface area (Å²) >= 11 is 0. The molecular formula is C23H25N3O5. The van der Waals surface area contributed by atoms with Crippen molar-refractivity contribution in [3.8, 4) is 5.75 Å². The summed E-state index contributed by atoms with van der Waals surface area (Å²) in [5.41, 5.74) is 1.58. The molecule has 0 bridgehead atoms. The van der Waals surface area contributed by atoms with Crippen molar-refractivity contribution in [2.75, 3.05) is 32.8 Å². The second kappa shape index (κ2) is 11.5. The predicted octanol–water partition coefficient (Wildman–Crippen LogP) is 2.95. The molecule has 31 heavy (non-hydrogen) atoms. The third-order valence-electron chi connectivity index (χ3n) is 5.03. The molecule has 0 saturated carbocycles. The third kappa shape index (κ3) is 6.16. The van der Waals surface area contributed by atoms with Crippen LogP contribution in [0.4, 0.5) is 0 Å². The zero-order valence-corrected chi connectivity index (χ0v) is 17.0. The molecule has 1 saturated heterocycles. The van der Waals surface area contributed by atoms with Gasteiger partial charge < -0.3 is 19.3 Å². The number of amides is 1. The number of nitrogens with zero attached hydrogens (tertiary/aromatic N) is 3. The number of hydrogen-bond donors (Lipinski definition) is 1. The van der Waals surface area contributed by atoms with Crippen LogP contribution in [0.2, 0.25) is 0 Å². The summed E-state index contributed by atoms with van der Waals surface area (Å²) in [5, 5.41) is 10.6. The summed E-state index contributed by atoms with van der Waals surface area (Å²) in [6.45, 7) is 3.18. The number of para-hydroxylation sites is 1. The van der Waals surface area contributed by atoms with Crippen molar-refractivity contribution in [3.05, 3.63) is 84.3 Å². The van der Waals surface area contributed by atoms with Gasteiger partial charge in [-0.3, -0.25) is 14.5 Å². The smallest absolute Gasteiger partial charge is 0.290 e. The van der Waals surface area contributed by atoms with Crippen molar-refractivity contribution in [1.29, 1.82) is 0 Å². The number of ether oxygens (including phenoxy) is 1. The van der Waals surface area contributed by atoms with Crippen molar-refractivity contribution in [2.45, 2.75) is 6.04 Å². The van der Waals surface area contributed by atoms with E-state index in [-0.39, 0.29) is 18.4 Å². The van der Waals surface area contributed by atoms with Gasteiger partial charge in [-0.1, -0.05) is 53.7 Å². The van der Waals surface area contributed by atoms with Crippen LogP contribution in [0.1, 0.15) is 22.1 Å². The number of carbonyl (C=O) groups is 2. The normalized spacial score (nSPS) is 14.8. The number of carboxylic acid groups (broad SMARTS) is 1. The summed E-state index contributed by atoms with van der Waals surface area (Å²) in [6, 6.07) is 22.0. The monoisotopic (exact) mass is 423 g/mol. The van der Waals surface area contributed by atoms with Crippen LogP contribution >= 0.6 is 0 Å². The second-order valence-corrected chi connectivity index (χ2v) is 6.87. The molecule has 1 aliphatic heterocycles. The minimum atomic E-state index is -0.250. The molecule has 1 fully saturated rings. The maximum atomic E-state index is 12.5. The Morgan fingerprint density at radius 2 is 1.65 bits per heavy atom. The number of hydrogen-bond acceptors (Lipinski definition) is 6. The van der Waals surface area contributed by atoms with E-state index in [0.29, 0.717) is 25.4 Å². The number of aromatic nitrogens is 1. The Hall–Kier alpha value is -3.65. The molecule has 4 rings (SSSR count). The molecular weight excluding hydrogens is 398 g/mol. The molecule has 1 atom stereocenters. The van der Waals surface area contributed by atoms with E-state index in [1.165, 1.54) is 11.8 Å². The van der Waals surface area contributed by atoms with Crippen LogP contribution in [0.5, 0.6) is 5.75 Å². The Kier molecular flexibility index (Phi) is 8.19. The average Bonchev–Trinajstić information content (AvgIpc) is 3.36. The lowest BCUT2D eigenvalue weighted by Gasteiger charge is -2.39. The first-order valence-corrected chi connectivity index (χ1v) is 9.97. The molecule has 8 nitrogen and oxygen atoms in total. The minimum Gasteiger partial charge on any atom is -0.492 e. The van der Waals surface area contributed by atoms with Crippen LogP contribution in [-0.4, -0.2) is 65.2 Å². The van der Waals surface area contributed by atoms with Gasteiger partial charge in [0.05, 0.1) is 6.04 Å². The molecule has 1 N–H and O–H groups in total. The van der Waals surface area contributed by atoms with Gasteiger partial charge in [-0.25, -0.2) is 0 Å². The van der Waals surface area contributed by atoms with Gasteiger partial charge in [0.2, 0.25) is 0 Å². The molecule has 1 aromatic heterocycles. The van der Waals surface area contributed by atoms with Gasteiger partial charge in [-0.05, 0) is 17.7 Å². The van der Waals surface area contributed by atoms with Gasteiger partial charge >= 0.3 is 0 Å². The van der Waals surface area contributed by atoms with Crippen LogP contribution < -0.4 is 4.74 Å². The Balaban J connectivity index is 0.000000858. The topological polar surface area (TPSA) is 96.1 Å². The number of piperazine rings is 1. The van der Waals surface area contributed by atoms with Gasteiger partial charge in [-0.2, -0.15) is 0 Å². The van der Waals surface area contributed by atoms with E-state index in [0.717, 1.165) is 18.8 Å². The highest BCUT2D eigenvalue weighted by atomic mass is 16.5. The highest BCUT2D eigenvalue weighted by Gasteiger charge is 2.28. The zero-order chi connectivity index (χ0) is 21.9. The Bertz CT molecular complexity index is 911. The maximum absolute atomic E-state index is 12.5. The van der Waals surface area contributed by atoms with Crippen LogP contribution in [-0.2, 0) is 4.79 Å². The lowest BCUT2D eigenvalue weighted by Crippen LogP contribution is -2.50. The van der Waals surface area contributed by atoms with Gasteiger partial charge in [0.25, 0.3) is 12.4 Å². The molecule has 2 aromatic carbocycles. The fourth-order valence-electron chi connectivity index (χ4n) is 3.50. The Morgan fingerprint density at radius 1 is 1.03 bits per heavy atom. The fourth-order valence-corrected chi connectivity index (χ4v) is 3.50. The molecule has 2 heterocycles. The van der Waals surface area contributed by atoms with Crippen LogP contribution in [0.25, 0.3) is 0 Å². The SMILES string of the molecule is O=C(c1ccon1)N1CCN(C(COc2ccccc2)c2ccccc2)CC1.O=CO. The lowest BCUT2D eigenvalue weighted by atomic mass is 10.0. The molecule has 0 aliphatic carbocycles. The summed E-state index contributed by atoms with van der Waals surface area (Å²) in [7, 11) is 0. The molecule has 1 aliphatic rings. The first-order chi connectivity index (χ1) is 15.2. The molecule has 3 aromatic rings. The molecule has 1 amide bonds. The minimum absolute atomic E-state index is 0.0785. The fraction of sp³-hybridized carbons (Fsp3) is 0.261. The van der Waals surface area contributed by atoms with Crippen molar-refractivity contribution in [1.82, 2.24) is 15.0 Å². The van der Waals surface area contributed by atoms with Gasteiger partial charge in [0.1, 0.15) is 18.6 Å². The summed E-state index contributed by atoms with van der Waals surface area (Å²) in [4.78, 5) is 25.0. The van der Waals surface area contributed by atoms with Crippen LogP contribution in [0, 0.1) is 0 Å². The van der Waals surface area contributed by atoms with Crippen LogP contribution in [0.3, 0.4) is 0 Å². The van der Waals surface area contributed by atoms with E-state index in [1.54, 1.807) is 6.07 Å². The molecule has 0 spiro atoms. The van der Waals surface area contributed by atoms with E-state index in [2.05, 4.69) is 34.3 Å². The third-order valence-corrected chi connectivity index (χ3v) is 5.03. The number of rotatable bonds is 6. The zero-order valence-electron chi connectivity index (χ0n) is 17.0. The Morgan fingerprint density at radius 3 is 2.23 bits per heavy atom. The summed E-state index contributed by atoms with van der Waals surface area (Å²) in [6.07, 6.45) is 1.43. The predicted molar refractivity (Wildman–Crippen MR) is 114 cm³/mol. The molecule has 8 heteroatoms. The Labute approximate surface area is 180 Å². The molecule has 162 valence electrons. The standard InChI is InChI=1S/C22H23N3O3.CH2O2/c26-22(20-11-16-28-23-20)25-14-12-24(13-15-25)21(18-7-3-1-4-8-18)17-27-19-9-5-2-6-10-19;2-1-3/h1-11,16,21H,12-15,17H2;1H,(H,2,3). The van der Waals surface area contributed by atoms with Crippen molar-refractivity contribution < 1.29 is 24.0 Å². The lowest BCUT2D eigenvalue weighted by molar-refractivity contribution is -0.122. The van der Waals surface area contributed by atoms with Crippen LogP contribution in [0.15, 0.2) is 77.5 Å². The second-order valence-electron chi connectivity index (χ2n) is 6.87. The van der Waals surface area contributed by atoms with Crippen molar-refractivity contribution >= 4 is 12.4 Å².